The topological polar surface area (TPSA) is 97.0 Å². The van der Waals surface area contributed by atoms with Crippen LogP contribution in [0.25, 0.3) is 17.0 Å². The second-order valence-corrected chi connectivity index (χ2v) is 9.95. The Morgan fingerprint density at radius 2 is 1.90 bits per heavy atom. The molecule has 1 aromatic heterocycles. The van der Waals surface area contributed by atoms with E-state index in [4.69, 9.17) is 4.74 Å². The first-order chi connectivity index (χ1) is 18.8. The molecule has 210 valence electrons. The lowest BCUT2D eigenvalue weighted by Gasteiger charge is -2.31. The first kappa shape index (κ1) is 27.7. The minimum atomic E-state index is -5.00. The van der Waals surface area contributed by atoms with E-state index >= 15 is 0 Å². The molecule has 1 amide bonds. The van der Waals surface area contributed by atoms with Crippen molar-refractivity contribution in [3.63, 3.8) is 0 Å². The van der Waals surface area contributed by atoms with Gasteiger partial charge in [0.2, 0.25) is 0 Å². The maximum atomic E-state index is 13.6. The molecule has 2 aromatic carbocycles. The van der Waals surface area contributed by atoms with Crippen molar-refractivity contribution in [3.05, 3.63) is 69.8 Å². The molecular weight excluding hydrogens is 566 g/mol. The number of halogens is 6. The van der Waals surface area contributed by atoms with Crippen molar-refractivity contribution < 1.29 is 45.8 Å². The van der Waals surface area contributed by atoms with Gasteiger partial charge in [-0.2, -0.15) is 36.4 Å². The quantitative estimate of drug-likeness (QED) is 0.345. The van der Waals surface area contributed by atoms with E-state index in [9.17, 15) is 41.0 Å². The van der Waals surface area contributed by atoms with E-state index < -0.39 is 48.0 Å². The Labute approximate surface area is 225 Å². The largest absolute Gasteiger partial charge is 0.479 e. The highest BCUT2D eigenvalue weighted by molar-refractivity contribution is 8.18. The number of benzene rings is 2. The molecule has 1 saturated heterocycles. The zero-order valence-electron chi connectivity index (χ0n) is 20.2. The number of amides is 1. The second kappa shape index (κ2) is 10.3. The molecule has 0 bridgehead atoms. The number of aliphatic carboxylic acids is 1. The molecule has 15 heteroatoms. The number of carboxylic acids is 1. The smallest absolute Gasteiger partial charge is 0.416 e. The number of aromatic nitrogens is 2. The number of fused-ring (bicyclic) bond motifs is 1. The molecule has 1 fully saturated rings. The number of carbonyl (C=O) groups excluding carboxylic acids is 1. The fourth-order valence-electron chi connectivity index (χ4n) is 4.29. The summed E-state index contributed by atoms with van der Waals surface area (Å²) in [7, 11) is 0. The van der Waals surface area contributed by atoms with E-state index in [0.717, 1.165) is 17.8 Å². The number of amidine groups is 1. The summed E-state index contributed by atoms with van der Waals surface area (Å²) >= 11 is 1.08. The number of alkyl halides is 6. The molecule has 3 heterocycles. The van der Waals surface area contributed by atoms with Crippen LogP contribution in [0.15, 0.2) is 52.5 Å². The number of morpholine rings is 1. The zero-order valence-corrected chi connectivity index (χ0v) is 21.0. The van der Waals surface area contributed by atoms with Crippen LogP contribution in [0.2, 0.25) is 0 Å². The van der Waals surface area contributed by atoms with Crippen LogP contribution in [0.3, 0.4) is 0 Å². The monoisotopic (exact) mass is 584 g/mol. The van der Waals surface area contributed by atoms with Gasteiger partial charge in [0.05, 0.1) is 47.4 Å². The van der Waals surface area contributed by atoms with Crippen molar-refractivity contribution in [3.8, 4) is 0 Å². The van der Waals surface area contributed by atoms with Gasteiger partial charge in [-0.25, -0.2) is 4.79 Å². The van der Waals surface area contributed by atoms with E-state index in [1.807, 2.05) is 0 Å². The highest BCUT2D eigenvalue weighted by Crippen LogP contribution is 2.38. The Balaban J connectivity index is 1.36. The van der Waals surface area contributed by atoms with Crippen molar-refractivity contribution in [1.82, 2.24) is 14.7 Å². The molecule has 8 nitrogen and oxygen atoms in total. The van der Waals surface area contributed by atoms with Gasteiger partial charge in [0, 0.05) is 11.9 Å². The number of nitrogens with zero attached hydrogens (tertiary/aromatic N) is 4. The molecular formula is C25H18F6N4O4S. The summed E-state index contributed by atoms with van der Waals surface area (Å²) in [5.74, 6) is -1.62. The summed E-state index contributed by atoms with van der Waals surface area (Å²) in [5.41, 5.74) is -2.15. The third-order valence-electron chi connectivity index (χ3n) is 6.25. The lowest BCUT2D eigenvalue weighted by atomic mass is 10.0. The summed E-state index contributed by atoms with van der Waals surface area (Å²) < 4.78 is 86.1. The highest BCUT2D eigenvalue weighted by Gasteiger charge is 2.38. The van der Waals surface area contributed by atoms with Crippen LogP contribution in [-0.4, -0.2) is 62.6 Å². The van der Waals surface area contributed by atoms with Crippen molar-refractivity contribution in [2.24, 2.45) is 4.99 Å². The number of carboxylic acid groups (broad SMARTS) is 1. The molecule has 0 saturated carbocycles. The molecule has 0 radical (unpaired) electrons. The SMILES string of the molecule is O=C1N=C(N2CCOC(C(=O)O)C2)SC1=Cc1ccc2c(cnn2Cc2ccc(C(F)(F)F)cc2C(F)(F)F)c1. The van der Waals surface area contributed by atoms with Crippen molar-refractivity contribution in [2.75, 3.05) is 19.7 Å². The Morgan fingerprint density at radius 1 is 1.12 bits per heavy atom. The van der Waals surface area contributed by atoms with Crippen molar-refractivity contribution >= 4 is 45.8 Å². The number of aliphatic imine (C=N–C) groups is 1. The molecule has 1 unspecified atom stereocenters. The van der Waals surface area contributed by atoms with E-state index in [1.165, 1.54) is 10.9 Å². The van der Waals surface area contributed by atoms with Crippen molar-refractivity contribution in [2.45, 2.75) is 25.0 Å². The minimum Gasteiger partial charge on any atom is -0.479 e. The molecule has 2 aliphatic rings. The minimum absolute atomic E-state index is 0.0435. The molecule has 0 aliphatic carbocycles. The predicted molar refractivity (Wildman–Crippen MR) is 132 cm³/mol. The molecule has 40 heavy (non-hydrogen) atoms. The molecule has 3 aromatic rings. The summed E-state index contributed by atoms with van der Waals surface area (Å²) in [5, 5.41) is 14.2. The lowest BCUT2D eigenvalue weighted by molar-refractivity contribution is -0.154. The Hall–Kier alpha value is -3.85. The molecule has 2 aliphatic heterocycles. The van der Waals surface area contributed by atoms with Crippen LogP contribution in [0.4, 0.5) is 26.3 Å². The Kier molecular flexibility index (Phi) is 7.12. The number of rotatable bonds is 4. The number of carbonyl (C=O) groups is 2. The van der Waals surface area contributed by atoms with Gasteiger partial charge in [0.25, 0.3) is 5.91 Å². The van der Waals surface area contributed by atoms with Gasteiger partial charge in [0.1, 0.15) is 0 Å². The summed E-state index contributed by atoms with van der Waals surface area (Å²) in [6, 6.07) is 6.35. The van der Waals surface area contributed by atoms with Gasteiger partial charge in [-0.05, 0) is 53.2 Å². The third kappa shape index (κ3) is 5.70. The Bertz CT molecular complexity index is 1560. The Morgan fingerprint density at radius 3 is 2.60 bits per heavy atom. The normalized spacial score (nSPS) is 19.5. The van der Waals surface area contributed by atoms with Crippen LogP contribution in [0.1, 0.15) is 22.3 Å². The molecule has 5 rings (SSSR count). The number of hydrogen-bond donors (Lipinski definition) is 1. The van der Waals surface area contributed by atoms with Gasteiger partial charge in [-0.15, -0.1) is 0 Å². The summed E-state index contributed by atoms with van der Waals surface area (Å²) in [6.45, 7) is 0.166. The molecule has 1 atom stereocenters. The van der Waals surface area contributed by atoms with Crippen LogP contribution >= 0.6 is 11.8 Å². The third-order valence-corrected chi connectivity index (χ3v) is 7.29. The van der Waals surface area contributed by atoms with Crippen LogP contribution in [-0.2, 0) is 33.2 Å². The van der Waals surface area contributed by atoms with Gasteiger partial charge >= 0.3 is 18.3 Å². The standard InChI is InChI=1S/C25H18F6N4O4S/c26-24(27,28)16-3-2-14(17(9-16)25(29,30)31)11-35-18-4-1-13(7-15(18)10-32-35)8-20-21(36)33-23(40-20)34-5-6-39-19(12-34)22(37)38/h1-4,7-10,19H,5-6,11-12H2,(H,37,38). The first-order valence-corrected chi connectivity index (χ1v) is 12.5. The van der Waals surface area contributed by atoms with Gasteiger partial charge in [0.15, 0.2) is 11.3 Å². The average Bonchev–Trinajstić information content (AvgIpc) is 3.45. The lowest BCUT2D eigenvalue weighted by Crippen LogP contribution is -2.47. The number of hydrogen-bond acceptors (Lipinski definition) is 6. The van der Waals surface area contributed by atoms with Gasteiger partial charge in [-0.1, -0.05) is 12.1 Å². The summed E-state index contributed by atoms with van der Waals surface area (Å²) in [4.78, 5) is 29.7. The molecule has 0 spiro atoms. The van der Waals surface area contributed by atoms with Gasteiger partial charge < -0.3 is 14.7 Å². The fraction of sp³-hybridized carbons (Fsp3) is 0.280. The van der Waals surface area contributed by atoms with E-state index in [2.05, 4.69) is 10.1 Å². The van der Waals surface area contributed by atoms with E-state index in [1.54, 1.807) is 29.2 Å². The maximum Gasteiger partial charge on any atom is 0.416 e. The van der Waals surface area contributed by atoms with Crippen LogP contribution in [0, 0.1) is 0 Å². The van der Waals surface area contributed by atoms with E-state index in [-0.39, 0.29) is 24.8 Å². The fourth-order valence-corrected chi connectivity index (χ4v) is 5.24. The zero-order chi connectivity index (χ0) is 28.8. The predicted octanol–water partition coefficient (Wildman–Crippen LogP) is 4.88. The average molecular weight is 584 g/mol. The number of thioether (sulfide) groups is 1. The second-order valence-electron chi connectivity index (χ2n) is 8.94. The van der Waals surface area contributed by atoms with Crippen molar-refractivity contribution in [1.29, 1.82) is 0 Å². The van der Waals surface area contributed by atoms with Crippen LogP contribution < -0.4 is 0 Å². The van der Waals surface area contributed by atoms with Crippen LogP contribution in [0.5, 0.6) is 0 Å². The highest BCUT2D eigenvalue weighted by atomic mass is 32.2. The number of ether oxygens (including phenoxy) is 1. The van der Waals surface area contributed by atoms with E-state index in [0.29, 0.717) is 39.2 Å². The summed E-state index contributed by atoms with van der Waals surface area (Å²) in [6.07, 6.45) is -7.97. The molecule has 1 N–H and O–H groups in total. The van der Waals surface area contributed by atoms with Gasteiger partial charge in [-0.3, -0.25) is 9.48 Å². The maximum absolute atomic E-state index is 13.6. The first-order valence-electron chi connectivity index (χ1n) is 11.6.